The molecule has 4 rings (SSSR count). The third-order valence-electron chi connectivity index (χ3n) is 8.53. The highest BCUT2D eigenvalue weighted by Crippen LogP contribution is 2.34. The average Bonchev–Trinajstić information content (AvgIpc) is 3.01. The van der Waals surface area contributed by atoms with Crippen LogP contribution in [0.15, 0.2) is 0 Å². The Balaban J connectivity index is 1.53. The fourth-order valence-corrected chi connectivity index (χ4v) is 5.82. The van der Waals surface area contributed by atoms with Gasteiger partial charge in [-0.25, -0.2) is 0 Å². The Bertz CT molecular complexity index is 997. The van der Waals surface area contributed by atoms with E-state index in [1.165, 1.54) is 13.8 Å². The van der Waals surface area contributed by atoms with Crippen molar-refractivity contribution in [2.75, 3.05) is 13.2 Å². The predicted octanol–water partition coefficient (Wildman–Crippen LogP) is -7.55. The summed E-state index contributed by atoms with van der Waals surface area (Å²) < 4.78 is 38.7. The molecule has 46 heavy (non-hydrogen) atoms. The molecule has 4 aliphatic heterocycles. The summed E-state index contributed by atoms with van der Waals surface area (Å²) in [5, 5.41) is 117. The van der Waals surface area contributed by atoms with E-state index >= 15 is 0 Å². The van der Waals surface area contributed by atoms with Gasteiger partial charge in [0.1, 0.15) is 85.4 Å². The van der Waals surface area contributed by atoms with Crippen molar-refractivity contribution in [1.82, 2.24) is 5.32 Å². The molecule has 20 atom stereocenters. The SMILES string of the molecule is CC(=O)N[C@@H]1[C@@H](O[C@H]2O[C@H](CO)[C@H](O)[C@H](O[C@@H]3O[C@@H](C)[C@H](O)[C@@H](O[C@@H]4O[C@@H](C)[C@H](O)[C@@H](O)[C@H]4O)[C@H]3O)[C@H]2O)[C@H](O)[C@@H](CO)O[C@H]1O. The van der Waals surface area contributed by atoms with Crippen LogP contribution in [0.4, 0.5) is 0 Å². The van der Waals surface area contributed by atoms with E-state index < -0.39 is 142 Å². The van der Waals surface area contributed by atoms with Gasteiger partial charge in [-0.2, -0.15) is 0 Å². The van der Waals surface area contributed by atoms with Gasteiger partial charge in [-0.1, -0.05) is 0 Å². The number of carbonyl (C=O) groups excluding carboxylic acids is 1. The number of nitrogens with one attached hydrogen (secondary N) is 1. The standard InChI is InChI=1S/C26H45NO19/c1-6-12(31)16(35)17(36)24(40-6)45-21-13(32)7(2)41-25(18(21)37)46-22-15(34)10(5-29)43-26(19(22)38)44-20-11(27-8(3)30)23(39)42-9(4-28)14(20)33/h6-7,9-26,28-29,31-39H,4-5H2,1-3H3,(H,27,30)/t6-,7-,9+,10+,11+,12-,13-,14+,15-,16+,17+,18+,19+,20+,21+,22-,23+,24-,25-,26+/m0/s1. The summed E-state index contributed by atoms with van der Waals surface area (Å²) in [5.74, 6) is -0.659. The fourth-order valence-electron chi connectivity index (χ4n) is 5.82. The van der Waals surface area contributed by atoms with Gasteiger partial charge in [0.2, 0.25) is 5.91 Å². The van der Waals surface area contributed by atoms with Crippen LogP contribution in [0.2, 0.25) is 0 Å². The molecular formula is C26H45NO19. The highest BCUT2D eigenvalue weighted by Gasteiger charge is 2.55. The maximum absolute atomic E-state index is 11.8. The van der Waals surface area contributed by atoms with Crippen LogP contribution in [0.5, 0.6) is 0 Å². The molecule has 4 fully saturated rings. The Kier molecular flexibility index (Phi) is 12.7. The summed E-state index contributed by atoms with van der Waals surface area (Å²) in [7, 11) is 0. The first kappa shape index (κ1) is 37.6. The Morgan fingerprint density at radius 3 is 1.54 bits per heavy atom. The molecular weight excluding hydrogens is 630 g/mol. The molecule has 268 valence electrons. The molecule has 4 saturated heterocycles. The molecule has 0 aromatic carbocycles. The van der Waals surface area contributed by atoms with Crippen molar-refractivity contribution >= 4 is 5.91 Å². The predicted molar refractivity (Wildman–Crippen MR) is 143 cm³/mol. The Hall–Kier alpha value is -1.25. The molecule has 20 nitrogen and oxygen atoms in total. The molecule has 0 unspecified atom stereocenters. The molecule has 4 heterocycles. The number of amides is 1. The zero-order chi connectivity index (χ0) is 34.2. The minimum Gasteiger partial charge on any atom is -0.394 e. The molecule has 12 N–H and O–H groups in total. The minimum absolute atomic E-state index is 0.659. The molecule has 0 aliphatic carbocycles. The van der Waals surface area contributed by atoms with Gasteiger partial charge in [0, 0.05) is 6.92 Å². The third-order valence-corrected chi connectivity index (χ3v) is 8.53. The largest absolute Gasteiger partial charge is 0.394 e. The van der Waals surface area contributed by atoms with Crippen LogP contribution >= 0.6 is 0 Å². The van der Waals surface area contributed by atoms with Gasteiger partial charge in [0.05, 0.1) is 25.4 Å². The summed E-state index contributed by atoms with van der Waals surface area (Å²) in [4.78, 5) is 11.8. The van der Waals surface area contributed by atoms with Crippen LogP contribution in [0.1, 0.15) is 20.8 Å². The molecule has 0 spiro atoms. The van der Waals surface area contributed by atoms with Gasteiger partial charge in [0.15, 0.2) is 25.2 Å². The Morgan fingerprint density at radius 2 is 1.00 bits per heavy atom. The average molecular weight is 676 g/mol. The van der Waals surface area contributed by atoms with Crippen molar-refractivity contribution in [1.29, 1.82) is 0 Å². The molecule has 0 aromatic rings. The Labute approximate surface area is 262 Å². The zero-order valence-corrected chi connectivity index (χ0v) is 25.1. The summed E-state index contributed by atoms with van der Waals surface area (Å²) in [6.45, 7) is 2.26. The lowest BCUT2D eigenvalue weighted by Crippen LogP contribution is -2.68. The monoisotopic (exact) mass is 675 g/mol. The number of ether oxygens (including phenoxy) is 7. The van der Waals surface area contributed by atoms with Gasteiger partial charge in [0.25, 0.3) is 0 Å². The fraction of sp³-hybridized carbons (Fsp3) is 0.962. The van der Waals surface area contributed by atoms with E-state index in [-0.39, 0.29) is 0 Å². The first-order valence-electron chi connectivity index (χ1n) is 14.8. The summed E-state index contributed by atoms with van der Waals surface area (Å²) >= 11 is 0. The lowest BCUT2D eigenvalue weighted by molar-refractivity contribution is -0.383. The molecule has 4 aliphatic rings. The van der Waals surface area contributed by atoms with E-state index in [0.29, 0.717) is 0 Å². The summed E-state index contributed by atoms with van der Waals surface area (Å²) in [6.07, 6.45) is -30.8. The van der Waals surface area contributed by atoms with Crippen LogP contribution in [-0.4, -0.2) is 198 Å². The lowest BCUT2D eigenvalue weighted by Gasteiger charge is -2.49. The van der Waals surface area contributed by atoms with E-state index in [1.807, 2.05) is 0 Å². The van der Waals surface area contributed by atoms with Gasteiger partial charge < -0.3 is 94.6 Å². The maximum atomic E-state index is 11.8. The van der Waals surface area contributed by atoms with Gasteiger partial charge in [-0.15, -0.1) is 0 Å². The van der Waals surface area contributed by atoms with Crippen molar-refractivity contribution in [3.63, 3.8) is 0 Å². The van der Waals surface area contributed by atoms with Crippen molar-refractivity contribution in [3.8, 4) is 0 Å². The third kappa shape index (κ3) is 7.64. The zero-order valence-electron chi connectivity index (χ0n) is 25.1. The van der Waals surface area contributed by atoms with E-state index in [0.717, 1.165) is 6.92 Å². The second kappa shape index (κ2) is 15.5. The van der Waals surface area contributed by atoms with Crippen molar-refractivity contribution in [2.24, 2.45) is 0 Å². The highest BCUT2D eigenvalue weighted by atomic mass is 16.8. The van der Waals surface area contributed by atoms with Crippen LogP contribution in [0.3, 0.4) is 0 Å². The molecule has 0 saturated carbocycles. The van der Waals surface area contributed by atoms with Crippen LogP contribution in [0.25, 0.3) is 0 Å². The summed E-state index contributed by atoms with van der Waals surface area (Å²) in [5.41, 5.74) is 0. The van der Waals surface area contributed by atoms with Crippen molar-refractivity contribution in [2.45, 2.75) is 144 Å². The van der Waals surface area contributed by atoms with Crippen LogP contribution < -0.4 is 5.32 Å². The van der Waals surface area contributed by atoms with E-state index in [4.69, 9.17) is 33.2 Å². The number of hydrogen-bond acceptors (Lipinski definition) is 19. The topological polar surface area (TPSA) is 316 Å². The van der Waals surface area contributed by atoms with Gasteiger partial charge >= 0.3 is 0 Å². The number of rotatable bonds is 9. The number of carbonyl (C=O) groups is 1. The molecule has 0 radical (unpaired) electrons. The van der Waals surface area contributed by atoms with Crippen LogP contribution in [-0.2, 0) is 38.0 Å². The number of aliphatic hydroxyl groups excluding tert-OH is 11. The first-order chi connectivity index (χ1) is 21.6. The number of aliphatic hydroxyl groups is 11. The Morgan fingerprint density at radius 1 is 0.565 bits per heavy atom. The van der Waals surface area contributed by atoms with Crippen molar-refractivity contribution in [3.05, 3.63) is 0 Å². The summed E-state index contributed by atoms with van der Waals surface area (Å²) in [6, 6.07) is -1.44. The lowest BCUT2D eigenvalue weighted by atomic mass is 9.95. The second-order valence-corrected chi connectivity index (χ2v) is 11.8. The number of hydrogen-bond donors (Lipinski definition) is 12. The van der Waals surface area contributed by atoms with E-state index in [9.17, 15) is 61.0 Å². The molecule has 20 heteroatoms. The van der Waals surface area contributed by atoms with Crippen molar-refractivity contribution < 1.29 is 94.1 Å². The van der Waals surface area contributed by atoms with Gasteiger partial charge in [-0.3, -0.25) is 4.79 Å². The normalized spacial score (nSPS) is 51.9. The van der Waals surface area contributed by atoms with E-state index in [2.05, 4.69) is 5.32 Å². The first-order valence-corrected chi connectivity index (χ1v) is 14.8. The van der Waals surface area contributed by atoms with E-state index in [1.54, 1.807) is 0 Å². The smallest absolute Gasteiger partial charge is 0.217 e. The minimum atomic E-state index is -1.96. The highest BCUT2D eigenvalue weighted by molar-refractivity contribution is 5.73. The molecule has 0 bridgehead atoms. The second-order valence-electron chi connectivity index (χ2n) is 11.8. The maximum Gasteiger partial charge on any atom is 0.217 e. The molecule has 1 amide bonds. The van der Waals surface area contributed by atoms with Gasteiger partial charge in [-0.05, 0) is 13.8 Å². The molecule has 0 aromatic heterocycles. The quantitative estimate of drug-likeness (QED) is 0.108. The van der Waals surface area contributed by atoms with Crippen LogP contribution in [0, 0.1) is 0 Å².